The van der Waals surface area contributed by atoms with Gasteiger partial charge in [0.15, 0.2) is 0 Å². The molecule has 7 rings (SSSR count). The van der Waals surface area contributed by atoms with Crippen LogP contribution in [0.15, 0.2) is 48.5 Å². The van der Waals surface area contributed by atoms with E-state index in [0.29, 0.717) is 0 Å². The van der Waals surface area contributed by atoms with Crippen LogP contribution in [0.3, 0.4) is 0 Å². The number of aliphatic hydroxyl groups is 1. The summed E-state index contributed by atoms with van der Waals surface area (Å²) in [5, 5.41) is 12.1. The molecule has 28 heavy (non-hydrogen) atoms. The average molecular weight is 373 g/mol. The highest BCUT2D eigenvalue weighted by molar-refractivity contribution is 6.08. The number of rotatable bonds is 1. The van der Waals surface area contributed by atoms with E-state index in [1.54, 1.807) is 4.90 Å². The number of benzene rings is 2. The normalized spacial score (nSPS) is 33.6. The standard InChI is InChI=1S/C24H23NO3/c26-22-20-19-15-10-4-6-12-17(15)24(28,18-13-7-5-11-16(18)19)21(20)23(27)25(22)14-8-2-1-3-9-14/h4-7,10-14,19-21,28H,1-3,8-9H2/t19?,20-,21+,24?/m0/s1. The molecule has 2 aromatic rings. The number of imide groups is 1. The fourth-order valence-electron chi connectivity index (χ4n) is 6.45. The number of hydrogen-bond acceptors (Lipinski definition) is 3. The van der Waals surface area contributed by atoms with Crippen LogP contribution in [0, 0.1) is 11.8 Å². The van der Waals surface area contributed by atoms with Crippen LogP contribution in [-0.4, -0.2) is 27.9 Å². The molecular formula is C24H23NO3. The van der Waals surface area contributed by atoms with Gasteiger partial charge in [-0.05, 0) is 35.1 Å². The molecule has 1 heterocycles. The molecular weight excluding hydrogens is 350 g/mol. The minimum absolute atomic E-state index is 0.00595. The monoisotopic (exact) mass is 373 g/mol. The Morgan fingerprint density at radius 2 is 1.39 bits per heavy atom. The molecule has 1 N–H and O–H groups in total. The minimum atomic E-state index is -1.43. The average Bonchev–Trinajstić information content (AvgIpc) is 3.01. The molecule has 2 bridgehead atoms. The molecule has 1 saturated carbocycles. The Labute approximate surface area is 164 Å². The number of nitrogens with zero attached hydrogens (tertiary/aromatic N) is 1. The summed E-state index contributed by atoms with van der Waals surface area (Å²) in [4.78, 5) is 28.8. The summed E-state index contributed by atoms with van der Waals surface area (Å²) in [6.45, 7) is 0. The van der Waals surface area contributed by atoms with Crippen LogP contribution in [0.25, 0.3) is 0 Å². The van der Waals surface area contributed by atoms with E-state index in [1.165, 1.54) is 6.42 Å². The zero-order valence-electron chi connectivity index (χ0n) is 15.7. The van der Waals surface area contributed by atoms with Crippen molar-refractivity contribution in [1.29, 1.82) is 0 Å². The number of carbonyl (C=O) groups is 2. The Kier molecular flexibility index (Phi) is 3.26. The highest BCUT2D eigenvalue weighted by atomic mass is 16.3. The molecule has 2 amide bonds. The molecule has 142 valence electrons. The third kappa shape index (κ3) is 1.80. The molecule has 0 aromatic heterocycles. The summed E-state index contributed by atoms with van der Waals surface area (Å²) in [5.74, 6) is -1.61. The molecule has 1 aliphatic heterocycles. The van der Waals surface area contributed by atoms with Crippen molar-refractivity contribution >= 4 is 11.8 Å². The summed E-state index contributed by atoms with van der Waals surface area (Å²) in [7, 11) is 0. The van der Waals surface area contributed by atoms with E-state index in [4.69, 9.17) is 0 Å². The second-order valence-corrected chi connectivity index (χ2v) is 8.76. The Balaban J connectivity index is 1.58. The van der Waals surface area contributed by atoms with Crippen molar-refractivity contribution in [1.82, 2.24) is 4.90 Å². The quantitative estimate of drug-likeness (QED) is 0.780. The fraction of sp³-hybridized carbons (Fsp3) is 0.417. The molecule has 2 atom stereocenters. The topological polar surface area (TPSA) is 57.6 Å². The maximum absolute atomic E-state index is 13.6. The summed E-state index contributed by atoms with van der Waals surface area (Å²) >= 11 is 0. The number of carbonyl (C=O) groups excluding carboxylic acids is 2. The van der Waals surface area contributed by atoms with Crippen molar-refractivity contribution < 1.29 is 14.7 Å². The van der Waals surface area contributed by atoms with Gasteiger partial charge in [-0.2, -0.15) is 0 Å². The number of likely N-dealkylation sites (tertiary alicyclic amines) is 1. The van der Waals surface area contributed by atoms with Crippen LogP contribution in [0.5, 0.6) is 0 Å². The van der Waals surface area contributed by atoms with Gasteiger partial charge in [0.25, 0.3) is 0 Å². The summed E-state index contributed by atoms with van der Waals surface area (Å²) < 4.78 is 0. The zero-order chi connectivity index (χ0) is 19.0. The van der Waals surface area contributed by atoms with Crippen LogP contribution < -0.4 is 0 Å². The summed E-state index contributed by atoms with van der Waals surface area (Å²) in [6, 6.07) is 15.6. The SMILES string of the molecule is O=C1[C@H]2C3c4ccccc4C(O)(c4ccccc43)[C@H]2C(=O)N1C1CCCCC1. The van der Waals surface area contributed by atoms with Crippen molar-refractivity contribution in [2.24, 2.45) is 11.8 Å². The van der Waals surface area contributed by atoms with Crippen molar-refractivity contribution in [2.75, 3.05) is 0 Å². The molecule has 2 aromatic carbocycles. The summed E-state index contributed by atoms with van der Waals surface area (Å²) in [6.07, 6.45) is 5.07. The van der Waals surface area contributed by atoms with Gasteiger partial charge >= 0.3 is 0 Å². The Hall–Kier alpha value is -2.46. The predicted molar refractivity (Wildman–Crippen MR) is 103 cm³/mol. The number of amides is 2. The third-order valence-electron chi connectivity index (χ3n) is 7.55. The van der Waals surface area contributed by atoms with Gasteiger partial charge < -0.3 is 5.11 Å². The van der Waals surface area contributed by atoms with Gasteiger partial charge in [-0.1, -0.05) is 67.8 Å². The van der Waals surface area contributed by atoms with Crippen LogP contribution in [0.1, 0.15) is 60.3 Å². The third-order valence-corrected chi connectivity index (χ3v) is 7.55. The molecule has 5 aliphatic rings. The van der Waals surface area contributed by atoms with Crippen molar-refractivity contribution in [3.63, 3.8) is 0 Å². The molecule has 0 spiro atoms. The zero-order valence-corrected chi connectivity index (χ0v) is 15.7. The lowest BCUT2D eigenvalue weighted by atomic mass is 9.52. The molecule has 4 aliphatic carbocycles. The van der Waals surface area contributed by atoms with Crippen LogP contribution >= 0.6 is 0 Å². The van der Waals surface area contributed by atoms with Gasteiger partial charge in [-0.15, -0.1) is 0 Å². The van der Waals surface area contributed by atoms with Gasteiger partial charge in [-0.25, -0.2) is 0 Å². The highest BCUT2D eigenvalue weighted by Gasteiger charge is 2.68. The van der Waals surface area contributed by atoms with E-state index in [1.807, 2.05) is 48.5 Å². The van der Waals surface area contributed by atoms with E-state index < -0.39 is 17.4 Å². The summed E-state index contributed by atoms with van der Waals surface area (Å²) in [5.41, 5.74) is 2.16. The van der Waals surface area contributed by atoms with E-state index >= 15 is 0 Å². The second-order valence-electron chi connectivity index (χ2n) is 8.76. The van der Waals surface area contributed by atoms with E-state index in [2.05, 4.69) is 0 Å². The first kappa shape index (κ1) is 16.5. The van der Waals surface area contributed by atoms with Crippen molar-refractivity contribution in [3.8, 4) is 0 Å². The van der Waals surface area contributed by atoms with Crippen molar-refractivity contribution in [2.45, 2.75) is 49.7 Å². The lowest BCUT2D eigenvalue weighted by Crippen LogP contribution is -2.53. The van der Waals surface area contributed by atoms with Gasteiger partial charge in [0.1, 0.15) is 5.60 Å². The Morgan fingerprint density at radius 1 is 0.821 bits per heavy atom. The molecule has 0 unspecified atom stereocenters. The molecule has 4 nitrogen and oxygen atoms in total. The smallest absolute Gasteiger partial charge is 0.237 e. The number of hydrogen-bond donors (Lipinski definition) is 1. The van der Waals surface area contributed by atoms with Crippen LogP contribution in [-0.2, 0) is 15.2 Å². The first-order chi connectivity index (χ1) is 13.6. The lowest BCUT2D eigenvalue weighted by Gasteiger charge is -2.51. The van der Waals surface area contributed by atoms with Gasteiger partial charge in [-0.3, -0.25) is 14.5 Å². The molecule has 4 heteroatoms. The predicted octanol–water partition coefficient (Wildman–Crippen LogP) is 3.32. The Morgan fingerprint density at radius 3 is 2.00 bits per heavy atom. The maximum atomic E-state index is 13.6. The van der Waals surface area contributed by atoms with E-state index in [0.717, 1.165) is 47.9 Å². The minimum Gasteiger partial charge on any atom is -0.379 e. The lowest BCUT2D eigenvalue weighted by molar-refractivity contribution is -0.145. The molecule has 0 radical (unpaired) electrons. The molecule has 1 saturated heterocycles. The van der Waals surface area contributed by atoms with Gasteiger partial charge in [0, 0.05) is 12.0 Å². The van der Waals surface area contributed by atoms with E-state index in [-0.39, 0.29) is 23.8 Å². The Bertz CT molecular complexity index is 959. The first-order valence-corrected chi connectivity index (χ1v) is 10.4. The van der Waals surface area contributed by atoms with Crippen LogP contribution in [0.2, 0.25) is 0 Å². The highest BCUT2D eigenvalue weighted by Crippen LogP contribution is 2.63. The molecule has 2 fully saturated rings. The van der Waals surface area contributed by atoms with Gasteiger partial charge in [0.05, 0.1) is 11.8 Å². The first-order valence-electron chi connectivity index (χ1n) is 10.4. The fourth-order valence-corrected chi connectivity index (χ4v) is 6.45. The van der Waals surface area contributed by atoms with Gasteiger partial charge in [0.2, 0.25) is 11.8 Å². The maximum Gasteiger partial charge on any atom is 0.237 e. The van der Waals surface area contributed by atoms with E-state index in [9.17, 15) is 14.7 Å². The van der Waals surface area contributed by atoms with Crippen molar-refractivity contribution in [3.05, 3.63) is 70.8 Å². The second kappa shape index (κ2) is 5.54. The van der Waals surface area contributed by atoms with Crippen LogP contribution in [0.4, 0.5) is 0 Å². The largest absolute Gasteiger partial charge is 0.379 e.